The third-order valence-electron chi connectivity index (χ3n) is 3.35. The monoisotopic (exact) mass is 335 g/mol. The highest BCUT2D eigenvalue weighted by atomic mass is 79.9. The quantitative estimate of drug-likeness (QED) is 0.845. The molecule has 1 heterocycles. The number of rotatable bonds is 7. The van der Waals surface area contributed by atoms with Gasteiger partial charge in [-0.15, -0.1) is 0 Å². The Morgan fingerprint density at radius 1 is 1.40 bits per heavy atom. The van der Waals surface area contributed by atoms with Crippen LogP contribution in [0.1, 0.15) is 18.4 Å². The summed E-state index contributed by atoms with van der Waals surface area (Å²) in [6.45, 7) is 2.35. The second kappa shape index (κ2) is 6.41. The molecule has 1 aromatic heterocycles. The maximum atomic E-state index is 5.80. The molecule has 0 aliphatic heterocycles. The summed E-state index contributed by atoms with van der Waals surface area (Å²) >= 11 is 3.59. The number of nitrogens with one attached hydrogen (secondary N) is 1. The van der Waals surface area contributed by atoms with Crippen molar-refractivity contribution in [2.75, 3.05) is 6.61 Å². The molecule has 0 bridgehead atoms. The van der Waals surface area contributed by atoms with E-state index in [2.05, 4.69) is 38.4 Å². The number of imidazole rings is 1. The number of hydrogen-bond donors (Lipinski definition) is 1. The van der Waals surface area contributed by atoms with Crippen molar-refractivity contribution in [2.24, 2.45) is 0 Å². The van der Waals surface area contributed by atoms with E-state index < -0.39 is 0 Å². The topological polar surface area (TPSA) is 39.1 Å². The Morgan fingerprint density at radius 2 is 2.30 bits per heavy atom. The molecule has 1 aliphatic carbocycles. The van der Waals surface area contributed by atoms with Crippen LogP contribution in [0.5, 0.6) is 5.75 Å². The molecule has 1 N–H and O–H groups in total. The third-order valence-corrected chi connectivity index (χ3v) is 4.13. The van der Waals surface area contributed by atoms with Gasteiger partial charge in [-0.2, -0.15) is 0 Å². The summed E-state index contributed by atoms with van der Waals surface area (Å²) in [7, 11) is 0. The first-order chi connectivity index (χ1) is 9.81. The second-order valence-corrected chi connectivity index (χ2v) is 5.91. The van der Waals surface area contributed by atoms with Crippen molar-refractivity contribution in [3.63, 3.8) is 0 Å². The summed E-state index contributed by atoms with van der Waals surface area (Å²) in [4.78, 5) is 4.01. The molecule has 0 amide bonds. The van der Waals surface area contributed by atoms with Gasteiger partial charge in [0.25, 0.3) is 0 Å². The zero-order valence-electron chi connectivity index (χ0n) is 11.3. The Labute approximate surface area is 127 Å². The predicted octanol–water partition coefficient (Wildman–Crippen LogP) is 2.98. The highest BCUT2D eigenvalue weighted by Crippen LogP contribution is 2.25. The molecule has 0 atom stereocenters. The van der Waals surface area contributed by atoms with Crippen molar-refractivity contribution < 1.29 is 4.74 Å². The van der Waals surface area contributed by atoms with Crippen molar-refractivity contribution in [1.29, 1.82) is 0 Å². The van der Waals surface area contributed by atoms with Gasteiger partial charge in [-0.25, -0.2) is 4.98 Å². The van der Waals surface area contributed by atoms with E-state index in [4.69, 9.17) is 4.74 Å². The van der Waals surface area contributed by atoms with E-state index in [0.717, 1.165) is 23.3 Å². The van der Waals surface area contributed by atoms with Crippen molar-refractivity contribution in [3.05, 3.63) is 47.0 Å². The molecule has 1 fully saturated rings. The SMILES string of the molecule is Brc1ccc(OCCn2ccnc2)cc1CNC1CC1. The van der Waals surface area contributed by atoms with Crippen LogP contribution < -0.4 is 10.1 Å². The fourth-order valence-electron chi connectivity index (χ4n) is 2.01. The van der Waals surface area contributed by atoms with E-state index in [1.165, 1.54) is 18.4 Å². The largest absolute Gasteiger partial charge is 0.492 e. The number of benzene rings is 1. The fraction of sp³-hybridized carbons (Fsp3) is 0.400. The second-order valence-electron chi connectivity index (χ2n) is 5.06. The molecule has 1 aromatic carbocycles. The van der Waals surface area contributed by atoms with Gasteiger partial charge in [-0.1, -0.05) is 15.9 Å². The fourth-order valence-corrected chi connectivity index (χ4v) is 2.39. The molecular weight excluding hydrogens is 318 g/mol. The van der Waals surface area contributed by atoms with Crippen LogP contribution in [0.25, 0.3) is 0 Å². The normalized spacial score (nSPS) is 14.4. The Morgan fingerprint density at radius 3 is 3.05 bits per heavy atom. The molecule has 1 aliphatic rings. The lowest BCUT2D eigenvalue weighted by atomic mass is 10.2. The molecule has 20 heavy (non-hydrogen) atoms. The Balaban J connectivity index is 1.53. The van der Waals surface area contributed by atoms with E-state index in [0.29, 0.717) is 12.6 Å². The van der Waals surface area contributed by atoms with Crippen LogP contribution in [0, 0.1) is 0 Å². The molecule has 2 aromatic rings. The van der Waals surface area contributed by atoms with Gasteiger partial charge in [0.05, 0.1) is 12.9 Å². The lowest BCUT2D eigenvalue weighted by molar-refractivity contribution is 0.298. The van der Waals surface area contributed by atoms with Gasteiger partial charge >= 0.3 is 0 Å². The minimum Gasteiger partial charge on any atom is -0.492 e. The zero-order valence-corrected chi connectivity index (χ0v) is 12.8. The summed E-state index contributed by atoms with van der Waals surface area (Å²) in [5.41, 5.74) is 1.25. The van der Waals surface area contributed by atoms with E-state index in [-0.39, 0.29) is 0 Å². The van der Waals surface area contributed by atoms with Gasteiger partial charge in [-0.05, 0) is 36.6 Å². The molecule has 0 saturated heterocycles. The first-order valence-corrected chi connectivity index (χ1v) is 7.71. The minimum absolute atomic E-state index is 0.646. The van der Waals surface area contributed by atoms with Gasteiger partial charge in [0, 0.05) is 29.5 Å². The van der Waals surface area contributed by atoms with Gasteiger partial charge in [0.2, 0.25) is 0 Å². The molecular formula is C15H18BrN3O. The molecule has 0 spiro atoms. The van der Waals surface area contributed by atoms with Crippen LogP contribution in [0.4, 0.5) is 0 Å². The summed E-state index contributed by atoms with van der Waals surface area (Å²) in [6.07, 6.45) is 8.13. The van der Waals surface area contributed by atoms with Crippen molar-refractivity contribution in [1.82, 2.24) is 14.9 Å². The van der Waals surface area contributed by atoms with E-state index in [1.54, 1.807) is 12.5 Å². The molecule has 4 nitrogen and oxygen atoms in total. The molecule has 106 valence electrons. The minimum atomic E-state index is 0.646. The molecule has 3 rings (SSSR count). The van der Waals surface area contributed by atoms with Gasteiger partial charge in [0.15, 0.2) is 0 Å². The Hall–Kier alpha value is -1.33. The van der Waals surface area contributed by atoms with Gasteiger partial charge < -0.3 is 14.6 Å². The highest BCUT2D eigenvalue weighted by Gasteiger charge is 2.20. The average molecular weight is 336 g/mol. The predicted molar refractivity (Wildman–Crippen MR) is 81.7 cm³/mol. The smallest absolute Gasteiger partial charge is 0.119 e. The molecule has 5 heteroatoms. The highest BCUT2D eigenvalue weighted by molar-refractivity contribution is 9.10. The maximum Gasteiger partial charge on any atom is 0.119 e. The van der Waals surface area contributed by atoms with Crippen molar-refractivity contribution >= 4 is 15.9 Å². The van der Waals surface area contributed by atoms with Crippen LogP contribution in [0.15, 0.2) is 41.4 Å². The average Bonchev–Trinajstić information content (AvgIpc) is 3.14. The Kier molecular flexibility index (Phi) is 4.38. The number of aromatic nitrogens is 2. The summed E-state index contributed by atoms with van der Waals surface area (Å²) in [5, 5.41) is 3.52. The first-order valence-electron chi connectivity index (χ1n) is 6.91. The Bertz CT molecular complexity index is 552. The van der Waals surface area contributed by atoms with Crippen molar-refractivity contribution in [3.8, 4) is 5.75 Å². The maximum absolute atomic E-state index is 5.80. The van der Waals surface area contributed by atoms with Crippen LogP contribution in [-0.4, -0.2) is 22.2 Å². The van der Waals surface area contributed by atoms with E-state index >= 15 is 0 Å². The van der Waals surface area contributed by atoms with Crippen LogP contribution in [0.2, 0.25) is 0 Å². The van der Waals surface area contributed by atoms with Crippen molar-refractivity contribution in [2.45, 2.75) is 32.0 Å². The summed E-state index contributed by atoms with van der Waals surface area (Å²) in [6, 6.07) is 6.87. The summed E-state index contributed by atoms with van der Waals surface area (Å²) in [5.74, 6) is 0.918. The van der Waals surface area contributed by atoms with Gasteiger partial charge in [0.1, 0.15) is 12.4 Å². The van der Waals surface area contributed by atoms with Crippen LogP contribution >= 0.6 is 15.9 Å². The number of halogens is 1. The number of hydrogen-bond acceptors (Lipinski definition) is 3. The molecule has 0 radical (unpaired) electrons. The number of nitrogens with zero attached hydrogens (tertiary/aromatic N) is 2. The number of ether oxygens (including phenoxy) is 1. The molecule has 1 saturated carbocycles. The lowest BCUT2D eigenvalue weighted by Crippen LogP contribution is -2.15. The van der Waals surface area contributed by atoms with E-state index in [1.807, 2.05) is 16.8 Å². The lowest BCUT2D eigenvalue weighted by Gasteiger charge is -2.11. The standard InChI is InChI=1S/C15H18BrN3O/c16-15-4-3-14(9-12(15)10-18-13-1-2-13)20-8-7-19-6-5-17-11-19/h3-6,9,11,13,18H,1-2,7-8,10H2. The third kappa shape index (κ3) is 3.84. The zero-order chi connectivity index (χ0) is 13.8. The van der Waals surface area contributed by atoms with E-state index in [9.17, 15) is 0 Å². The molecule has 0 unspecified atom stereocenters. The van der Waals surface area contributed by atoms with Crippen LogP contribution in [0.3, 0.4) is 0 Å². The van der Waals surface area contributed by atoms with Gasteiger partial charge in [-0.3, -0.25) is 0 Å². The van der Waals surface area contributed by atoms with Crippen LogP contribution in [-0.2, 0) is 13.1 Å². The summed E-state index contributed by atoms with van der Waals surface area (Å²) < 4.78 is 8.94. The first kappa shape index (κ1) is 13.6.